The summed E-state index contributed by atoms with van der Waals surface area (Å²) in [6.45, 7) is 0. The van der Waals surface area contributed by atoms with E-state index < -0.39 is 21.4 Å². The van der Waals surface area contributed by atoms with Crippen molar-refractivity contribution in [2.45, 2.75) is 5.51 Å². The Hall–Kier alpha value is -7.98. The lowest BCUT2D eigenvalue weighted by Gasteiger charge is -2.26. The molecule has 0 aliphatic rings. The van der Waals surface area contributed by atoms with Gasteiger partial charge in [-0.3, -0.25) is 0 Å². The van der Waals surface area contributed by atoms with Crippen LogP contribution in [0.5, 0.6) is 11.5 Å². The highest BCUT2D eigenvalue weighted by Crippen LogP contribution is 2.51. The molecule has 0 fully saturated rings. The number of aromatic hydroxyl groups is 1. The third-order valence-corrected chi connectivity index (χ3v) is 19.0. The average Bonchev–Trinajstić information content (AvgIpc) is 4.24. The van der Waals surface area contributed by atoms with Crippen molar-refractivity contribution in [3.05, 3.63) is 218 Å². The van der Waals surface area contributed by atoms with Gasteiger partial charge in [0.1, 0.15) is 11.5 Å². The van der Waals surface area contributed by atoms with Crippen LogP contribution in [0.15, 0.2) is 218 Å². The van der Waals surface area contributed by atoms with Gasteiger partial charge in [0.15, 0.2) is 0 Å². The Labute approximate surface area is 443 Å². The molecule has 0 unspecified atom stereocenters. The van der Waals surface area contributed by atoms with Crippen LogP contribution in [-0.4, -0.2) is 19.0 Å². The van der Waals surface area contributed by atoms with Crippen LogP contribution in [-0.2, 0) is 10.1 Å². The first-order valence-electron chi connectivity index (χ1n) is 23.6. The molecule has 0 atom stereocenters. The maximum atomic E-state index is 12.9. The molecule has 0 radical (unpaired) electrons. The van der Waals surface area contributed by atoms with Crippen molar-refractivity contribution in [3.63, 3.8) is 0 Å². The SMILES string of the molecule is O=S(=O)(Oc1ccc(N(c2cccc3c2sc2ccccc23)c2cccc3c2sc2ccccc23)cc1)C(F)(F)F.Oc1ccc(N(c2cccc3c2sc2ccccc23)c2cccc3c2sc2ccccc23)cc1. The predicted molar refractivity (Wildman–Crippen MR) is 311 cm³/mol. The molecule has 0 bridgehead atoms. The van der Waals surface area contributed by atoms with Gasteiger partial charge in [-0.05, 0) is 97.1 Å². The first kappa shape index (κ1) is 46.8. The summed E-state index contributed by atoms with van der Waals surface area (Å²) < 4.78 is 75.8. The predicted octanol–water partition coefficient (Wildman–Crippen LogP) is 19.7. The third kappa shape index (κ3) is 8.17. The summed E-state index contributed by atoms with van der Waals surface area (Å²) >= 11 is 6.99. The fourth-order valence-electron chi connectivity index (χ4n) is 9.88. The molecule has 0 saturated carbocycles. The second kappa shape index (κ2) is 18.4. The molecular weight excluding hydrogens is 1040 g/mol. The van der Waals surface area contributed by atoms with Gasteiger partial charge in [-0.15, -0.1) is 45.3 Å². The summed E-state index contributed by atoms with van der Waals surface area (Å²) in [5.41, 5.74) is 0.217. The maximum Gasteiger partial charge on any atom is 0.534 e. The lowest BCUT2D eigenvalue weighted by atomic mass is 10.1. The first-order chi connectivity index (χ1) is 36.5. The van der Waals surface area contributed by atoms with E-state index in [1.165, 1.54) is 52.5 Å². The third-order valence-electron chi connectivity index (χ3n) is 13.2. The van der Waals surface area contributed by atoms with E-state index in [1.807, 2.05) is 83.3 Å². The van der Waals surface area contributed by atoms with E-state index in [9.17, 15) is 26.7 Å². The second-order valence-corrected chi connectivity index (χ2v) is 23.4. The van der Waals surface area contributed by atoms with Gasteiger partial charge in [0, 0.05) is 73.3 Å². The zero-order chi connectivity index (χ0) is 51.0. The highest BCUT2D eigenvalue weighted by Gasteiger charge is 2.48. The normalized spacial score (nSPS) is 12.1. The zero-order valence-electron chi connectivity index (χ0n) is 39.0. The van der Waals surface area contributed by atoms with Crippen LogP contribution >= 0.6 is 45.3 Å². The molecule has 0 aliphatic heterocycles. The van der Waals surface area contributed by atoms with Crippen molar-refractivity contribution in [1.82, 2.24) is 0 Å². The Bertz CT molecular complexity index is 4390. The summed E-state index contributed by atoms with van der Waals surface area (Å²) in [6, 6.07) is 72.0. The number of alkyl halides is 3. The highest BCUT2D eigenvalue weighted by molar-refractivity contribution is 7.88. The molecule has 14 rings (SSSR count). The lowest BCUT2D eigenvalue weighted by Crippen LogP contribution is -2.28. The summed E-state index contributed by atoms with van der Waals surface area (Å²) in [4.78, 5) is 4.41. The van der Waals surface area contributed by atoms with Crippen LogP contribution < -0.4 is 14.0 Å². The van der Waals surface area contributed by atoms with Gasteiger partial charge in [0.25, 0.3) is 0 Å². The van der Waals surface area contributed by atoms with Crippen molar-refractivity contribution in [2.75, 3.05) is 9.80 Å². The Morgan fingerprint density at radius 2 is 0.640 bits per heavy atom. The molecule has 14 aromatic rings. The Kier molecular flexibility index (Phi) is 11.5. The standard InChI is InChI=1S/C31H18F3NO3S3.C30H19NOS2/c32-31(33,34)41(36,37)38-20-17-15-19(16-18-20)35(25-11-5-9-23-21-7-1-3-13-27(21)39-29(23)25)26-12-6-10-24-22-8-2-4-14-28(22)40-30(24)26;32-20-17-15-19(16-18-20)31(25-11-5-9-23-21-7-1-3-13-27(21)33-29(23)25)26-12-6-10-24-22-8-2-4-14-28(22)34-30(24)26/h1-18H;1-18,32H. The number of hydrogen-bond acceptors (Lipinski definition) is 10. The van der Waals surface area contributed by atoms with Crippen LogP contribution in [0.3, 0.4) is 0 Å². The Balaban J connectivity index is 0.000000147. The van der Waals surface area contributed by atoms with Gasteiger partial charge in [-0.1, -0.05) is 121 Å². The van der Waals surface area contributed by atoms with Crippen molar-refractivity contribution in [2.24, 2.45) is 0 Å². The van der Waals surface area contributed by atoms with Gasteiger partial charge >= 0.3 is 15.6 Å². The molecule has 75 heavy (non-hydrogen) atoms. The minimum absolute atomic E-state index is 0.267. The molecule has 6 nitrogen and oxygen atoms in total. The number of nitrogens with zero attached hydrogens (tertiary/aromatic N) is 2. The smallest absolute Gasteiger partial charge is 0.508 e. The van der Waals surface area contributed by atoms with E-state index in [0.29, 0.717) is 5.69 Å². The molecule has 0 amide bonds. The molecule has 0 spiro atoms. The number of anilines is 6. The van der Waals surface area contributed by atoms with Gasteiger partial charge in [-0.25, -0.2) is 0 Å². The lowest BCUT2D eigenvalue weighted by molar-refractivity contribution is -0.0500. The van der Waals surface area contributed by atoms with E-state index in [1.54, 1.807) is 46.9 Å². The van der Waals surface area contributed by atoms with E-state index >= 15 is 0 Å². The molecule has 1 N–H and O–H groups in total. The van der Waals surface area contributed by atoms with Crippen molar-refractivity contribution >= 4 is 170 Å². The molecular formula is C61H37F3N2O4S5. The van der Waals surface area contributed by atoms with Crippen molar-refractivity contribution in [1.29, 1.82) is 0 Å². The molecule has 0 aliphatic carbocycles. The number of benzene rings is 10. The summed E-state index contributed by atoms with van der Waals surface area (Å²) in [5.74, 6) is -0.157. The van der Waals surface area contributed by atoms with Crippen LogP contribution in [0.2, 0.25) is 0 Å². The van der Waals surface area contributed by atoms with Crippen LogP contribution in [0, 0.1) is 0 Å². The largest absolute Gasteiger partial charge is 0.534 e. The molecule has 14 heteroatoms. The number of fused-ring (bicyclic) bond motifs is 12. The van der Waals surface area contributed by atoms with Crippen LogP contribution in [0.25, 0.3) is 80.7 Å². The van der Waals surface area contributed by atoms with E-state index in [4.69, 9.17) is 0 Å². The Morgan fingerprint density at radius 1 is 0.360 bits per heavy atom. The molecule has 4 aromatic heterocycles. The van der Waals surface area contributed by atoms with Gasteiger partial charge in [0.2, 0.25) is 0 Å². The fraction of sp³-hybridized carbons (Fsp3) is 0.0164. The van der Waals surface area contributed by atoms with Crippen molar-refractivity contribution in [3.8, 4) is 11.5 Å². The van der Waals surface area contributed by atoms with Crippen LogP contribution in [0.4, 0.5) is 47.3 Å². The Morgan fingerprint density at radius 3 is 0.947 bits per heavy atom. The topological polar surface area (TPSA) is 70.1 Å². The number of hydrogen-bond donors (Lipinski definition) is 1. The van der Waals surface area contributed by atoms with E-state index in [0.717, 1.165) is 68.8 Å². The summed E-state index contributed by atoms with van der Waals surface area (Å²) in [6.07, 6.45) is 0. The fourth-order valence-corrected chi connectivity index (χ4v) is 15.2. The summed E-state index contributed by atoms with van der Waals surface area (Å²) in [7, 11) is -5.79. The quantitative estimate of drug-likeness (QED) is 0.121. The minimum atomic E-state index is -5.79. The number of thiophene rings is 4. The van der Waals surface area contributed by atoms with E-state index in [-0.39, 0.29) is 5.75 Å². The number of phenols is 1. The van der Waals surface area contributed by atoms with Gasteiger partial charge in [-0.2, -0.15) is 21.6 Å². The number of rotatable bonds is 8. The van der Waals surface area contributed by atoms with Crippen molar-refractivity contribution < 1.29 is 30.9 Å². The summed E-state index contributed by atoms with van der Waals surface area (Å²) in [5, 5.41) is 19.6. The molecule has 10 aromatic carbocycles. The number of halogens is 3. The molecule has 366 valence electrons. The monoisotopic (exact) mass is 1080 g/mol. The average molecular weight is 1080 g/mol. The maximum absolute atomic E-state index is 12.9. The van der Waals surface area contributed by atoms with Crippen LogP contribution in [0.1, 0.15) is 0 Å². The zero-order valence-corrected chi connectivity index (χ0v) is 43.1. The van der Waals surface area contributed by atoms with E-state index in [2.05, 4.69) is 135 Å². The second-order valence-electron chi connectivity index (χ2n) is 17.7. The number of phenolic OH excluding ortho intramolecular Hbond substituents is 1. The molecule has 0 saturated heterocycles. The first-order valence-corrected chi connectivity index (χ1v) is 28.3. The highest BCUT2D eigenvalue weighted by atomic mass is 32.2. The van der Waals surface area contributed by atoms with Gasteiger partial charge in [0.05, 0.1) is 41.5 Å². The molecule has 4 heterocycles. The minimum Gasteiger partial charge on any atom is -0.508 e. The van der Waals surface area contributed by atoms with Gasteiger partial charge < -0.3 is 19.1 Å².